The van der Waals surface area contributed by atoms with Gasteiger partial charge in [-0.15, -0.1) is 0 Å². The molecular formula is C16H22N2O8. The van der Waals surface area contributed by atoms with E-state index >= 15 is 0 Å². The summed E-state index contributed by atoms with van der Waals surface area (Å²) in [6.07, 6.45) is -3.77. The molecule has 2 unspecified atom stereocenters. The number of carbonyl (C=O) groups is 2. The van der Waals surface area contributed by atoms with Gasteiger partial charge < -0.3 is 25.4 Å². The quantitative estimate of drug-likeness (QED) is 0.416. The first-order valence-electron chi connectivity index (χ1n) is 7.77. The molecule has 10 heteroatoms. The summed E-state index contributed by atoms with van der Waals surface area (Å²) in [5.74, 6) is -1.47. The maximum atomic E-state index is 11.5. The normalized spacial score (nSPS) is 13.6. The van der Waals surface area contributed by atoms with Crippen molar-refractivity contribution in [3.63, 3.8) is 0 Å². The third-order valence-electron chi connectivity index (χ3n) is 3.27. The number of rotatable bonds is 7. The Hall–Kier alpha value is -2.72. The Morgan fingerprint density at radius 3 is 2.42 bits per heavy atom. The van der Waals surface area contributed by atoms with E-state index in [1.165, 1.54) is 0 Å². The second-order valence-corrected chi connectivity index (χ2v) is 6.56. The van der Waals surface area contributed by atoms with Crippen LogP contribution in [-0.2, 0) is 4.74 Å². The zero-order chi connectivity index (χ0) is 20.1. The molecule has 1 rings (SSSR count). The number of carboxylic acid groups (broad SMARTS) is 1. The first-order valence-corrected chi connectivity index (χ1v) is 7.77. The Balaban J connectivity index is 2.76. The van der Waals surface area contributed by atoms with E-state index in [1.807, 2.05) is 0 Å². The fourth-order valence-corrected chi connectivity index (χ4v) is 2.10. The molecule has 0 saturated carbocycles. The van der Waals surface area contributed by atoms with Crippen LogP contribution in [0.2, 0.25) is 0 Å². The Labute approximate surface area is 149 Å². The first kappa shape index (κ1) is 21.3. The molecule has 0 aliphatic carbocycles. The highest BCUT2D eigenvalue weighted by Crippen LogP contribution is 2.26. The summed E-state index contributed by atoms with van der Waals surface area (Å²) in [4.78, 5) is 32.8. The topological polar surface area (TPSA) is 159 Å². The number of non-ortho nitro benzene ring substituents is 1. The van der Waals surface area contributed by atoms with E-state index in [0.29, 0.717) is 0 Å². The number of aliphatic hydroxyl groups is 2. The summed E-state index contributed by atoms with van der Waals surface area (Å²) >= 11 is 0. The smallest absolute Gasteiger partial charge is 0.407 e. The van der Waals surface area contributed by atoms with Crippen LogP contribution in [0.5, 0.6) is 0 Å². The van der Waals surface area contributed by atoms with Crippen molar-refractivity contribution in [2.75, 3.05) is 6.54 Å². The Kier molecular flexibility index (Phi) is 7.04. The van der Waals surface area contributed by atoms with Crippen LogP contribution in [0.1, 0.15) is 49.2 Å². The van der Waals surface area contributed by atoms with Gasteiger partial charge in [0.2, 0.25) is 0 Å². The fraction of sp³-hybridized carbons (Fsp3) is 0.500. The molecule has 26 heavy (non-hydrogen) atoms. The highest BCUT2D eigenvalue weighted by molar-refractivity contribution is 5.90. The Bertz CT molecular complexity index is 683. The predicted molar refractivity (Wildman–Crippen MR) is 89.9 cm³/mol. The van der Waals surface area contributed by atoms with Gasteiger partial charge in [-0.1, -0.05) is 0 Å². The lowest BCUT2D eigenvalue weighted by Crippen LogP contribution is -2.34. The molecule has 144 valence electrons. The van der Waals surface area contributed by atoms with E-state index in [4.69, 9.17) is 4.74 Å². The van der Waals surface area contributed by atoms with E-state index in [1.54, 1.807) is 20.8 Å². The van der Waals surface area contributed by atoms with Crippen LogP contribution in [0.3, 0.4) is 0 Å². The van der Waals surface area contributed by atoms with Crippen molar-refractivity contribution in [3.8, 4) is 0 Å². The molecule has 0 bridgehead atoms. The number of nitro groups is 1. The van der Waals surface area contributed by atoms with Crippen molar-refractivity contribution in [1.82, 2.24) is 5.32 Å². The Morgan fingerprint density at radius 1 is 1.31 bits per heavy atom. The van der Waals surface area contributed by atoms with Crippen molar-refractivity contribution < 1.29 is 34.6 Å². The van der Waals surface area contributed by atoms with Gasteiger partial charge in [-0.2, -0.15) is 0 Å². The molecular weight excluding hydrogens is 348 g/mol. The second kappa shape index (κ2) is 8.59. The number of hydrogen-bond acceptors (Lipinski definition) is 7. The number of alkyl carbamates (subject to hydrolysis) is 1. The SMILES string of the molecule is CC(C)(C)OC(=O)NCCC(O)C(O)c1ccc([N+](=O)[O-])cc1C(=O)O. The molecule has 0 radical (unpaired) electrons. The summed E-state index contributed by atoms with van der Waals surface area (Å²) in [7, 11) is 0. The van der Waals surface area contributed by atoms with Gasteiger partial charge in [0.05, 0.1) is 16.6 Å². The van der Waals surface area contributed by atoms with Crippen molar-refractivity contribution in [1.29, 1.82) is 0 Å². The average Bonchev–Trinajstić information content (AvgIpc) is 2.51. The third-order valence-corrected chi connectivity index (χ3v) is 3.27. The molecule has 0 aliphatic heterocycles. The summed E-state index contributed by atoms with van der Waals surface area (Å²) < 4.78 is 5.02. The average molecular weight is 370 g/mol. The second-order valence-electron chi connectivity index (χ2n) is 6.56. The van der Waals surface area contributed by atoms with Crippen molar-refractivity contribution in [3.05, 3.63) is 39.4 Å². The molecule has 4 N–H and O–H groups in total. The number of amides is 1. The van der Waals surface area contributed by atoms with E-state index in [2.05, 4.69) is 5.32 Å². The molecule has 1 aromatic rings. The van der Waals surface area contributed by atoms with Crippen LogP contribution in [0, 0.1) is 10.1 Å². The monoisotopic (exact) mass is 370 g/mol. The van der Waals surface area contributed by atoms with Gasteiger partial charge in [-0.05, 0) is 38.8 Å². The van der Waals surface area contributed by atoms with Crippen LogP contribution in [0.25, 0.3) is 0 Å². The Morgan fingerprint density at radius 2 is 1.92 bits per heavy atom. The van der Waals surface area contributed by atoms with Crippen LogP contribution in [0.4, 0.5) is 10.5 Å². The number of hydrogen-bond donors (Lipinski definition) is 4. The van der Waals surface area contributed by atoms with Gasteiger partial charge in [-0.25, -0.2) is 9.59 Å². The molecule has 0 aliphatic rings. The lowest BCUT2D eigenvalue weighted by molar-refractivity contribution is -0.384. The maximum absolute atomic E-state index is 11.5. The number of nitro benzene ring substituents is 1. The summed E-state index contributed by atoms with van der Waals surface area (Å²) in [5, 5.41) is 42.5. The maximum Gasteiger partial charge on any atom is 0.407 e. The van der Waals surface area contributed by atoms with Gasteiger partial charge in [0.15, 0.2) is 0 Å². The minimum Gasteiger partial charge on any atom is -0.478 e. The molecule has 1 aromatic carbocycles. The minimum absolute atomic E-state index is 0.0253. The van der Waals surface area contributed by atoms with Gasteiger partial charge in [-0.3, -0.25) is 10.1 Å². The molecule has 0 heterocycles. The van der Waals surface area contributed by atoms with Gasteiger partial charge >= 0.3 is 12.1 Å². The summed E-state index contributed by atoms with van der Waals surface area (Å²) in [5.41, 5.74) is -1.77. The van der Waals surface area contributed by atoms with Crippen LogP contribution < -0.4 is 5.32 Å². The third kappa shape index (κ3) is 6.30. The number of aromatic carboxylic acids is 1. The fourth-order valence-electron chi connectivity index (χ4n) is 2.10. The van der Waals surface area contributed by atoms with E-state index in [-0.39, 0.29) is 18.5 Å². The summed E-state index contributed by atoms with van der Waals surface area (Å²) in [6.45, 7) is 5.04. The molecule has 1 amide bonds. The van der Waals surface area contributed by atoms with Crippen molar-refractivity contribution in [2.24, 2.45) is 0 Å². The molecule has 0 aromatic heterocycles. The van der Waals surface area contributed by atoms with Gasteiger partial charge in [0.1, 0.15) is 11.7 Å². The van der Waals surface area contributed by atoms with Crippen molar-refractivity contribution in [2.45, 2.75) is 45.0 Å². The van der Waals surface area contributed by atoms with Crippen LogP contribution in [-0.4, -0.2) is 50.6 Å². The standard InChI is InChI=1S/C16H22N2O8/c1-16(2,3)26-15(23)17-7-6-12(19)13(20)10-5-4-9(18(24)25)8-11(10)14(21)22/h4-5,8,12-13,19-20H,6-7H2,1-3H3,(H,17,23)(H,21,22). The molecule has 0 fully saturated rings. The number of carbonyl (C=O) groups excluding carboxylic acids is 1. The van der Waals surface area contributed by atoms with Crippen LogP contribution >= 0.6 is 0 Å². The lowest BCUT2D eigenvalue weighted by Gasteiger charge is -2.21. The lowest BCUT2D eigenvalue weighted by atomic mass is 9.96. The molecule has 0 spiro atoms. The number of benzene rings is 1. The van der Waals surface area contributed by atoms with Crippen LogP contribution in [0.15, 0.2) is 18.2 Å². The molecule has 0 saturated heterocycles. The number of nitrogens with zero attached hydrogens (tertiary/aromatic N) is 1. The number of aliphatic hydroxyl groups excluding tert-OH is 2. The number of ether oxygens (including phenoxy) is 1. The first-order chi connectivity index (χ1) is 11.9. The van der Waals surface area contributed by atoms with Gasteiger partial charge in [0, 0.05) is 18.7 Å². The largest absolute Gasteiger partial charge is 0.478 e. The number of nitrogens with one attached hydrogen (secondary N) is 1. The highest BCUT2D eigenvalue weighted by Gasteiger charge is 2.26. The zero-order valence-corrected chi connectivity index (χ0v) is 14.6. The predicted octanol–water partition coefficient (Wildman–Crippen LogP) is 1.60. The number of carboxylic acids is 1. The van der Waals surface area contributed by atoms with Crippen molar-refractivity contribution >= 4 is 17.7 Å². The molecule has 2 atom stereocenters. The summed E-state index contributed by atoms with van der Waals surface area (Å²) in [6, 6.07) is 2.93. The van der Waals surface area contributed by atoms with E-state index in [9.17, 15) is 35.0 Å². The minimum atomic E-state index is -1.60. The molecule has 10 nitrogen and oxygen atoms in total. The highest BCUT2D eigenvalue weighted by atomic mass is 16.6. The van der Waals surface area contributed by atoms with Gasteiger partial charge in [0.25, 0.3) is 5.69 Å². The van der Waals surface area contributed by atoms with E-state index in [0.717, 1.165) is 18.2 Å². The van der Waals surface area contributed by atoms with E-state index < -0.39 is 46.0 Å². The zero-order valence-electron chi connectivity index (χ0n) is 14.6.